The second-order valence-corrected chi connectivity index (χ2v) is 11.7. The molecule has 8 heteroatoms. The number of carbonyl (C=O) groups is 2. The average molecular weight is 570 g/mol. The zero-order chi connectivity index (χ0) is 28.5. The molecule has 2 unspecified atom stereocenters. The SMILES string of the molecule is CCc1cccc(-c2c(Cl)cccc2C(OCCNC(=O)O)C2CCCN(C(=O)C3CCC(CNC)CC3)C2)c1. The van der Waals surface area contributed by atoms with Gasteiger partial charge in [-0.15, -0.1) is 0 Å². The number of hydrogen-bond donors (Lipinski definition) is 3. The molecule has 2 aromatic carbocycles. The third-order valence-electron chi connectivity index (χ3n) is 8.54. The molecule has 0 bridgehead atoms. The molecule has 40 heavy (non-hydrogen) atoms. The third-order valence-corrected chi connectivity index (χ3v) is 8.85. The number of aryl methyl sites for hydroxylation is 1. The van der Waals surface area contributed by atoms with E-state index in [9.17, 15) is 9.59 Å². The van der Waals surface area contributed by atoms with Crippen molar-refractivity contribution in [1.82, 2.24) is 15.5 Å². The van der Waals surface area contributed by atoms with Crippen LogP contribution in [0.5, 0.6) is 0 Å². The Labute approximate surface area is 243 Å². The molecule has 7 nitrogen and oxygen atoms in total. The molecule has 1 heterocycles. The third kappa shape index (κ3) is 7.77. The Morgan fingerprint density at radius 1 is 1.12 bits per heavy atom. The minimum absolute atomic E-state index is 0.0785. The van der Waals surface area contributed by atoms with Gasteiger partial charge in [0.15, 0.2) is 0 Å². The lowest BCUT2D eigenvalue weighted by molar-refractivity contribution is -0.140. The standard InChI is InChI=1S/C32H44ClN3O4/c1-3-22-7-4-8-25(19-22)29-27(10-5-11-28(29)33)30(40-18-16-35-32(38)39)26-9-6-17-36(21-26)31(37)24-14-12-23(13-15-24)20-34-2/h4-5,7-8,10-11,19,23-24,26,30,34-35H,3,6,9,12-18,20-21H2,1-2H3,(H,38,39). The molecule has 4 rings (SSSR count). The van der Waals surface area contributed by atoms with Crippen molar-refractivity contribution in [2.75, 3.05) is 39.8 Å². The van der Waals surface area contributed by atoms with E-state index in [1.165, 1.54) is 5.56 Å². The van der Waals surface area contributed by atoms with E-state index < -0.39 is 6.09 Å². The number of carboxylic acid groups (broad SMARTS) is 1. The van der Waals surface area contributed by atoms with E-state index in [1.54, 1.807) is 0 Å². The van der Waals surface area contributed by atoms with Crippen LogP contribution in [0.3, 0.4) is 0 Å². The molecule has 2 aromatic rings. The van der Waals surface area contributed by atoms with Gasteiger partial charge in [0, 0.05) is 42.1 Å². The van der Waals surface area contributed by atoms with Gasteiger partial charge in [-0.1, -0.05) is 54.9 Å². The monoisotopic (exact) mass is 569 g/mol. The summed E-state index contributed by atoms with van der Waals surface area (Å²) < 4.78 is 6.48. The number of carbonyl (C=O) groups excluding carboxylic acids is 1. The molecule has 0 aromatic heterocycles. The molecule has 0 spiro atoms. The van der Waals surface area contributed by atoms with Crippen LogP contribution in [0.25, 0.3) is 11.1 Å². The molecular weight excluding hydrogens is 526 g/mol. The van der Waals surface area contributed by atoms with Crippen LogP contribution in [0.4, 0.5) is 4.79 Å². The Balaban J connectivity index is 1.58. The van der Waals surface area contributed by atoms with Crippen LogP contribution in [-0.4, -0.2) is 61.8 Å². The van der Waals surface area contributed by atoms with Gasteiger partial charge in [0.05, 0.1) is 12.7 Å². The van der Waals surface area contributed by atoms with Gasteiger partial charge in [0.2, 0.25) is 5.91 Å². The van der Waals surface area contributed by atoms with E-state index in [0.717, 1.165) is 74.7 Å². The topological polar surface area (TPSA) is 90.9 Å². The second kappa shape index (κ2) is 14.9. The first kappa shape index (κ1) is 30.4. The quantitative estimate of drug-likeness (QED) is 0.282. The number of benzene rings is 2. The Bertz CT molecular complexity index is 1130. The predicted octanol–water partition coefficient (Wildman–Crippen LogP) is 6.16. The van der Waals surface area contributed by atoms with Crippen LogP contribution in [-0.2, 0) is 16.0 Å². The van der Waals surface area contributed by atoms with Crippen molar-refractivity contribution in [3.63, 3.8) is 0 Å². The van der Waals surface area contributed by atoms with E-state index in [2.05, 4.69) is 52.8 Å². The van der Waals surface area contributed by atoms with Crippen molar-refractivity contribution < 1.29 is 19.4 Å². The minimum atomic E-state index is -1.07. The van der Waals surface area contributed by atoms with Crippen LogP contribution in [0.15, 0.2) is 42.5 Å². The highest BCUT2D eigenvalue weighted by Gasteiger charge is 2.36. The van der Waals surface area contributed by atoms with Crippen molar-refractivity contribution >= 4 is 23.6 Å². The molecule has 218 valence electrons. The Kier molecular flexibility index (Phi) is 11.3. The fourth-order valence-corrected chi connectivity index (χ4v) is 6.76. The second-order valence-electron chi connectivity index (χ2n) is 11.2. The lowest BCUT2D eigenvalue weighted by Gasteiger charge is -2.40. The van der Waals surface area contributed by atoms with Gasteiger partial charge in [-0.3, -0.25) is 4.79 Å². The summed E-state index contributed by atoms with van der Waals surface area (Å²) in [5, 5.41) is 15.4. The van der Waals surface area contributed by atoms with Crippen molar-refractivity contribution in [2.24, 2.45) is 17.8 Å². The summed E-state index contributed by atoms with van der Waals surface area (Å²) in [6.07, 6.45) is 5.48. The van der Waals surface area contributed by atoms with E-state index >= 15 is 0 Å². The molecule has 2 atom stereocenters. The maximum atomic E-state index is 13.6. The van der Waals surface area contributed by atoms with E-state index in [0.29, 0.717) is 17.5 Å². The number of nitrogens with one attached hydrogen (secondary N) is 2. The molecule has 1 saturated carbocycles. The summed E-state index contributed by atoms with van der Waals surface area (Å²) in [5.74, 6) is 1.12. The number of nitrogens with zero attached hydrogens (tertiary/aromatic N) is 1. The number of ether oxygens (including phenoxy) is 1. The average Bonchev–Trinajstić information content (AvgIpc) is 2.97. The Morgan fingerprint density at radius 3 is 2.62 bits per heavy atom. The number of hydrogen-bond acceptors (Lipinski definition) is 4. The van der Waals surface area contributed by atoms with Crippen molar-refractivity contribution in [2.45, 2.75) is 58.0 Å². The summed E-state index contributed by atoms with van der Waals surface area (Å²) in [6, 6.07) is 14.3. The number of likely N-dealkylation sites (tertiary alicyclic amines) is 1. The first-order valence-corrected chi connectivity index (χ1v) is 15.2. The zero-order valence-corrected chi connectivity index (χ0v) is 24.6. The Morgan fingerprint density at radius 2 is 1.90 bits per heavy atom. The first-order chi connectivity index (χ1) is 19.4. The maximum Gasteiger partial charge on any atom is 0.404 e. The smallest absolute Gasteiger partial charge is 0.404 e. The highest BCUT2D eigenvalue weighted by atomic mass is 35.5. The number of halogens is 1. The van der Waals surface area contributed by atoms with Crippen LogP contribution in [0.1, 0.15) is 62.7 Å². The van der Waals surface area contributed by atoms with E-state index in [-0.39, 0.29) is 37.0 Å². The summed E-state index contributed by atoms with van der Waals surface area (Å²) in [6.45, 7) is 4.99. The highest BCUT2D eigenvalue weighted by Crippen LogP contribution is 2.42. The summed E-state index contributed by atoms with van der Waals surface area (Å²) >= 11 is 6.85. The van der Waals surface area contributed by atoms with Crippen LogP contribution < -0.4 is 10.6 Å². The lowest BCUT2D eigenvalue weighted by atomic mass is 9.80. The van der Waals surface area contributed by atoms with Gasteiger partial charge < -0.3 is 25.4 Å². The van der Waals surface area contributed by atoms with Crippen molar-refractivity contribution in [3.8, 4) is 11.1 Å². The molecule has 2 amide bonds. The molecule has 1 saturated heterocycles. The zero-order valence-electron chi connectivity index (χ0n) is 23.8. The van der Waals surface area contributed by atoms with Crippen molar-refractivity contribution in [1.29, 1.82) is 0 Å². The van der Waals surface area contributed by atoms with Gasteiger partial charge in [-0.2, -0.15) is 0 Å². The Hall–Kier alpha value is -2.61. The van der Waals surface area contributed by atoms with Gasteiger partial charge >= 0.3 is 6.09 Å². The molecule has 1 aliphatic heterocycles. The summed E-state index contributed by atoms with van der Waals surface area (Å²) in [4.78, 5) is 26.8. The molecule has 0 radical (unpaired) electrons. The summed E-state index contributed by atoms with van der Waals surface area (Å²) in [5.41, 5.74) is 4.20. The van der Waals surface area contributed by atoms with Crippen LogP contribution in [0, 0.1) is 17.8 Å². The highest BCUT2D eigenvalue weighted by molar-refractivity contribution is 6.33. The summed E-state index contributed by atoms with van der Waals surface area (Å²) in [7, 11) is 1.99. The van der Waals surface area contributed by atoms with Crippen LogP contribution >= 0.6 is 11.6 Å². The van der Waals surface area contributed by atoms with Crippen LogP contribution in [0.2, 0.25) is 5.02 Å². The first-order valence-electron chi connectivity index (χ1n) is 14.8. The minimum Gasteiger partial charge on any atom is -0.465 e. The van der Waals surface area contributed by atoms with Gasteiger partial charge in [0.1, 0.15) is 0 Å². The van der Waals surface area contributed by atoms with Crippen molar-refractivity contribution in [3.05, 3.63) is 58.6 Å². The number of rotatable bonds is 11. The molecule has 2 fully saturated rings. The van der Waals surface area contributed by atoms with E-state index in [1.807, 2.05) is 19.2 Å². The fraction of sp³-hybridized carbons (Fsp3) is 0.562. The molecule has 3 N–H and O–H groups in total. The normalized spacial score (nSPS) is 22.1. The van der Waals surface area contributed by atoms with Gasteiger partial charge in [0.25, 0.3) is 0 Å². The largest absolute Gasteiger partial charge is 0.465 e. The van der Waals surface area contributed by atoms with Gasteiger partial charge in [-0.25, -0.2) is 4.79 Å². The van der Waals surface area contributed by atoms with Gasteiger partial charge in [-0.05, 0) is 87.2 Å². The fourth-order valence-electron chi connectivity index (χ4n) is 6.47. The number of amides is 2. The number of piperidine rings is 1. The molecular formula is C32H44ClN3O4. The maximum absolute atomic E-state index is 13.6. The lowest BCUT2D eigenvalue weighted by Crippen LogP contribution is -2.45. The predicted molar refractivity (Wildman–Crippen MR) is 160 cm³/mol. The molecule has 1 aliphatic carbocycles. The van der Waals surface area contributed by atoms with E-state index in [4.69, 9.17) is 21.4 Å². The molecule has 2 aliphatic rings.